The standard InChI is InChI=1S/C27H32O6/c1-16(2)19-9-10-26(24(29)30)12-11-25(3)20(22(19)26)13-21-18(14-27(25,31)33-21)15-32-23(28)17-7-5-4-6-8-17/h4-8,14,16,20-21,31H,9-13,15H2,1-3H3,(H,29,30). The predicted molar refractivity (Wildman–Crippen MR) is 121 cm³/mol. The molecule has 2 bridgehead atoms. The monoisotopic (exact) mass is 452 g/mol. The lowest BCUT2D eigenvalue weighted by atomic mass is 9.52. The number of carbonyl (C=O) groups excluding carboxylic acids is 1. The van der Waals surface area contributed by atoms with Gasteiger partial charge < -0.3 is 19.7 Å². The molecule has 0 radical (unpaired) electrons. The number of rotatable bonds is 5. The number of carboxylic acids is 1. The molecule has 5 unspecified atom stereocenters. The van der Waals surface area contributed by atoms with E-state index in [0.29, 0.717) is 31.2 Å². The first kappa shape index (κ1) is 22.4. The van der Waals surface area contributed by atoms with Gasteiger partial charge in [-0.1, -0.05) is 44.5 Å². The Kier molecular flexibility index (Phi) is 5.11. The zero-order chi connectivity index (χ0) is 23.6. The summed E-state index contributed by atoms with van der Waals surface area (Å²) in [6, 6.07) is 8.81. The summed E-state index contributed by atoms with van der Waals surface area (Å²) in [5.74, 6) is -2.50. The second-order valence-electron chi connectivity index (χ2n) is 10.7. The first-order valence-electron chi connectivity index (χ1n) is 11.9. The number of ether oxygens (including phenoxy) is 2. The summed E-state index contributed by atoms with van der Waals surface area (Å²) in [5, 5.41) is 22.0. The van der Waals surface area contributed by atoms with Gasteiger partial charge in [-0.2, -0.15) is 0 Å². The van der Waals surface area contributed by atoms with Crippen LogP contribution in [0.5, 0.6) is 0 Å². The van der Waals surface area contributed by atoms with Crippen molar-refractivity contribution in [2.45, 2.75) is 64.8 Å². The van der Waals surface area contributed by atoms with Crippen LogP contribution in [0.1, 0.15) is 63.2 Å². The number of fused-ring (bicyclic) bond motifs is 6. The minimum absolute atomic E-state index is 0.0453. The van der Waals surface area contributed by atoms with Crippen LogP contribution in [0.25, 0.3) is 0 Å². The van der Waals surface area contributed by atoms with Crippen LogP contribution in [-0.4, -0.2) is 40.6 Å². The van der Waals surface area contributed by atoms with Crippen LogP contribution >= 0.6 is 0 Å². The van der Waals surface area contributed by atoms with Crippen molar-refractivity contribution in [3.05, 3.63) is 58.7 Å². The fraction of sp³-hybridized carbons (Fsp3) is 0.556. The molecule has 33 heavy (non-hydrogen) atoms. The Balaban J connectivity index is 1.46. The van der Waals surface area contributed by atoms with E-state index in [-0.39, 0.29) is 18.4 Å². The highest BCUT2D eigenvalue weighted by Gasteiger charge is 2.67. The van der Waals surface area contributed by atoms with E-state index in [1.54, 1.807) is 30.3 Å². The summed E-state index contributed by atoms with van der Waals surface area (Å²) in [7, 11) is 0. The smallest absolute Gasteiger partial charge is 0.338 e. The molecule has 1 aromatic carbocycles. The van der Waals surface area contributed by atoms with Crippen LogP contribution in [-0.2, 0) is 14.3 Å². The van der Waals surface area contributed by atoms with Crippen LogP contribution in [0.15, 0.2) is 53.1 Å². The molecule has 176 valence electrons. The molecule has 1 saturated carbocycles. The van der Waals surface area contributed by atoms with Crippen molar-refractivity contribution in [1.82, 2.24) is 0 Å². The number of aliphatic carboxylic acids is 1. The Labute approximate surface area is 194 Å². The van der Waals surface area contributed by atoms with E-state index in [4.69, 9.17) is 9.47 Å². The Morgan fingerprint density at radius 2 is 1.91 bits per heavy atom. The topological polar surface area (TPSA) is 93.1 Å². The molecule has 0 aromatic heterocycles. The Hall–Kier alpha value is -2.44. The summed E-state index contributed by atoms with van der Waals surface area (Å²) in [5.41, 5.74) is 2.02. The zero-order valence-electron chi connectivity index (χ0n) is 19.5. The van der Waals surface area contributed by atoms with E-state index in [2.05, 4.69) is 13.8 Å². The average Bonchev–Trinajstić information content (AvgIpc) is 3.32. The SMILES string of the molecule is CC(C)C1=C2C3CC4OC(O)(C=C4COC(=O)c4ccccc4)C3(C)CCC2(C(=O)O)CC1. The second kappa shape index (κ2) is 7.54. The molecule has 2 N–H and O–H groups in total. The molecule has 2 fully saturated rings. The highest BCUT2D eigenvalue weighted by atomic mass is 16.6. The second-order valence-corrected chi connectivity index (χ2v) is 10.7. The van der Waals surface area contributed by atoms with Gasteiger partial charge in [0.2, 0.25) is 0 Å². The molecule has 0 spiro atoms. The van der Waals surface area contributed by atoms with Crippen LogP contribution in [0.4, 0.5) is 0 Å². The molecule has 1 aromatic rings. The van der Waals surface area contributed by atoms with E-state index in [0.717, 1.165) is 17.6 Å². The van der Waals surface area contributed by atoms with Gasteiger partial charge in [0.25, 0.3) is 0 Å². The maximum atomic E-state index is 12.5. The maximum Gasteiger partial charge on any atom is 0.338 e. The molecule has 5 atom stereocenters. The van der Waals surface area contributed by atoms with Gasteiger partial charge in [0, 0.05) is 5.41 Å². The minimum Gasteiger partial charge on any atom is -0.481 e. The summed E-state index contributed by atoms with van der Waals surface area (Å²) in [6.45, 7) is 6.32. The van der Waals surface area contributed by atoms with Crippen molar-refractivity contribution in [3.8, 4) is 0 Å². The molecule has 2 heterocycles. The number of carbonyl (C=O) groups is 2. The molecule has 2 aliphatic carbocycles. The van der Waals surface area contributed by atoms with Crippen LogP contribution in [0.2, 0.25) is 0 Å². The summed E-state index contributed by atoms with van der Waals surface area (Å²) < 4.78 is 11.7. The van der Waals surface area contributed by atoms with Gasteiger partial charge in [0.1, 0.15) is 6.61 Å². The number of hydrogen-bond donors (Lipinski definition) is 2. The summed E-state index contributed by atoms with van der Waals surface area (Å²) in [6.07, 6.45) is 4.42. The molecule has 0 amide bonds. The van der Waals surface area contributed by atoms with Gasteiger partial charge in [-0.3, -0.25) is 4.79 Å². The Bertz CT molecular complexity index is 1060. The number of aliphatic hydroxyl groups is 1. The molecule has 6 heteroatoms. The third kappa shape index (κ3) is 3.14. The van der Waals surface area contributed by atoms with E-state index in [1.807, 2.05) is 13.0 Å². The number of carboxylic acid groups (broad SMARTS) is 1. The van der Waals surface area contributed by atoms with Gasteiger partial charge in [0.15, 0.2) is 5.79 Å². The first-order chi connectivity index (χ1) is 15.6. The van der Waals surface area contributed by atoms with Gasteiger partial charge in [-0.05, 0) is 73.3 Å². The molecule has 6 nitrogen and oxygen atoms in total. The van der Waals surface area contributed by atoms with Crippen LogP contribution < -0.4 is 0 Å². The molecule has 4 aliphatic rings. The van der Waals surface area contributed by atoms with Crippen molar-refractivity contribution in [2.24, 2.45) is 22.7 Å². The molecular weight excluding hydrogens is 420 g/mol. The lowest BCUT2D eigenvalue weighted by molar-refractivity contribution is -0.288. The zero-order valence-corrected chi connectivity index (χ0v) is 19.5. The highest BCUT2D eigenvalue weighted by Crippen LogP contribution is 2.67. The van der Waals surface area contributed by atoms with E-state index >= 15 is 0 Å². The minimum atomic E-state index is -1.50. The van der Waals surface area contributed by atoms with Gasteiger partial charge in [-0.15, -0.1) is 0 Å². The maximum absolute atomic E-state index is 12.5. The van der Waals surface area contributed by atoms with Crippen molar-refractivity contribution in [1.29, 1.82) is 0 Å². The molecule has 5 rings (SSSR count). The third-order valence-corrected chi connectivity index (χ3v) is 8.74. The molecule has 2 aliphatic heterocycles. The van der Waals surface area contributed by atoms with Crippen molar-refractivity contribution in [2.75, 3.05) is 6.61 Å². The van der Waals surface area contributed by atoms with Crippen molar-refractivity contribution in [3.63, 3.8) is 0 Å². The Morgan fingerprint density at radius 3 is 2.58 bits per heavy atom. The average molecular weight is 453 g/mol. The number of esters is 1. The lowest BCUT2D eigenvalue weighted by Gasteiger charge is -2.57. The van der Waals surface area contributed by atoms with Gasteiger partial charge in [0.05, 0.1) is 17.1 Å². The van der Waals surface area contributed by atoms with Crippen molar-refractivity contribution < 1.29 is 29.3 Å². The van der Waals surface area contributed by atoms with Crippen LogP contribution in [0, 0.1) is 22.7 Å². The summed E-state index contributed by atoms with van der Waals surface area (Å²) >= 11 is 0. The largest absolute Gasteiger partial charge is 0.481 e. The molecular formula is C27H32O6. The number of hydrogen-bond acceptors (Lipinski definition) is 5. The van der Waals surface area contributed by atoms with Gasteiger partial charge >= 0.3 is 11.9 Å². The van der Waals surface area contributed by atoms with Gasteiger partial charge in [-0.25, -0.2) is 4.79 Å². The van der Waals surface area contributed by atoms with E-state index in [1.165, 1.54) is 5.57 Å². The number of allylic oxidation sites excluding steroid dienone is 1. The van der Waals surface area contributed by atoms with Crippen molar-refractivity contribution >= 4 is 11.9 Å². The quantitative estimate of drug-likeness (QED) is 0.505. The predicted octanol–water partition coefficient (Wildman–Crippen LogP) is 4.49. The summed E-state index contributed by atoms with van der Waals surface area (Å²) in [4.78, 5) is 25.0. The lowest BCUT2D eigenvalue weighted by Crippen LogP contribution is -2.59. The first-order valence-corrected chi connectivity index (χ1v) is 11.9. The van der Waals surface area contributed by atoms with Crippen LogP contribution in [0.3, 0.4) is 0 Å². The fourth-order valence-electron chi connectivity index (χ4n) is 6.77. The fourth-order valence-corrected chi connectivity index (χ4v) is 6.77. The van der Waals surface area contributed by atoms with E-state index in [9.17, 15) is 19.8 Å². The Morgan fingerprint density at radius 1 is 1.18 bits per heavy atom. The highest BCUT2D eigenvalue weighted by molar-refractivity contribution is 5.89. The normalized spacial score (nSPS) is 36.9. The third-order valence-electron chi connectivity index (χ3n) is 8.74. The molecule has 1 saturated heterocycles. The van der Waals surface area contributed by atoms with E-state index < -0.39 is 34.7 Å². The number of benzene rings is 1.